The summed E-state index contributed by atoms with van der Waals surface area (Å²) in [7, 11) is 0. The van der Waals surface area contributed by atoms with Crippen LogP contribution in [0, 0.1) is 0 Å². The van der Waals surface area contributed by atoms with E-state index in [0.717, 1.165) is 26.2 Å². The van der Waals surface area contributed by atoms with Crippen molar-refractivity contribution < 1.29 is 5.11 Å². The summed E-state index contributed by atoms with van der Waals surface area (Å²) in [5.41, 5.74) is 4.83. The van der Waals surface area contributed by atoms with Crippen molar-refractivity contribution in [2.45, 2.75) is 25.6 Å². The molecule has 0 aromatic carbocycles. The topological polar surface area (TPSA) is 61.5 Å². The van der Waals surface area contributed by atoms with Crippen LogP contribution in [-0.4, -0.2) is 48.0 Å². The lowest BCUT2D eigenvalue weighted by Gasteiger charge is -2.41. The van der Waals surface area contributed by atoms with Gasteiger partial charge in [0.25, 0.3) is 0 Å². The third-order valence-electron chi connectivity index (χ3n) is 2.62. The molecule has 0 bridgehead atoms. The number of piperazine rings is 1. The van der Waals surface area contributed by atoms with Gasteiger partial charge < -0.3 is 16.2 Å². The predicted octanol–water partition coefficient (Wildman–Crippen LogP) is -1.05. The Morgan fingerprint density at radius 1 is 1.50 bits per heavy atom. The second kappa shape index (κ2) is 3.70. The molecule has 0 amide bonds. The Bertz CT molecular complexity index is 141. The van der Waals surface area contributed by atoms with Crippen molar-refractivity contribution >= 4 is 0 Å². The summed E-state index contributed by atoms with van der Waals surface area (Å²) >= 11 is 0. The molecule has 1 fully saturated rings. The van der Waals surface area contributed by atoms with Crippen LogP contribution in [0.5, 0.6) is 0 Å². The molecule has 0 saturated carbocycles. The van der Waals surface area contributed by atoms with Crippen molar-refractivity contribution in [1.29, 1.82) is 0 Å². The third-order valence-corrected chi connectivity index (χ3v) is 2.62. The van der Waals surface area contributed by atoms with E-state index >= 15 is 0 Å². The van der Waals surface area contributed by atoms with E-state index in [-0.39, 0.29) is 6.04 Å². The smallest absolute Gasteiger partial charge is 0.130 e. The zero-order chi connectivity index (χ0) is 9.19. The average molecular weight is 173 g/mol. The summed E-state index contributed by atoms with van der Waals surface area (Å²) in [6.07, 6.45) is 0. The van der Waals surface area contributed by atoms with E-state index in [2.05, 4.69) is 5.32 Å². The quantitative estimate of drug-likeness (QED) is 0.498. The van der Waals surface area contributed by atoms with Gasteiger partial charge in [-0.3, -0.25) is 4.90 Å². The second-order valence-corrected chi connectivity index (χ2v) is 3.62. The highest BCUT2D eigenvalue weighted by Gasteiger charge is 2.33. The molecule has 0 aromatic rings. The molecule has 2 unspecified atom stereocenters. The van der Waals surface area contributed by atoms with Crippen LogP contribution >= 0.6 is 0 Å². The van der Waals surface area contributed by atoms with E-state index in [9.17, 15) is 5.11 Å². The van der Waals surface area contributed by atoms with Crippen LogP contribution in [0.25, 0.3) is 0 Å². The number of nitrogens with one attached hydrogen (secondary N) is 1. The van der Waals surface area contributed by atoms with Gasteiger partial charge in [0.2, 0.25) is 0 Å². The molecule has 1 aliphatic heterocycles. The fraction of sp³-hybridized carbons (Fsp3) is 1.00. The first-order valence-electron chi connectivity index (χ1n) is 4.49. The van der Waals surface area contributed by atoms with Gasteiger partial charge in [-0.1, -0.05) is 0 Å². The Morgan fingerprint density at radius 2 is 2.00 bits per heavy atom. The molecule has 0 spiro atoms. The van der Waals surface area contributed by atoms with Gasteiger partial charge >= 0.3 is 0 Å². The van der Waals surface area contributed by atoms with E-state index in [1.165, 1.54) is 0 Å². The molecule has 4 nitrogen and oxygen atoms in total. The Labute approximate surface area is 73.7 Å². The van der Waals surface area contributed by atoms with Crippen molar-refractivity contribution in [3.8, 4) is 0 Å². The van der Waals surface area contributed by atoms with Gasteiger partial charge in [-0.25, -0.2) is 0 Å². The van der Waals surface area contributed by atoms with E-state index in [1.807, 2.05) is 11.8 Å². The van der Waals surface area contributed by atoms with Crippen molar-refractivity contribution in [2.24, 2.45) is 5.73 Å². The number of aliphatic hydroxyl groups is 1. The monoisotopic (exact) mass is 173 g/mol. The van der Waals surface area contributed by atoms with Crippen LogP contribution in [0.4, 0.5) is 0 Å². The predicted molar refractivity (Wildman–Crippen MR) is 48.7 cm³/mol. The first-order chi connectivity index (χ1) is 5.55. The van der Waals surface area contributed by atoms with Gasteiger partial charge in [-0.05, 0) is 13.8 Å². The second-order valence-electron chi connectivity index (χ2n) is 3.62. The minimum absolute atomic E-state index is 0.212. The molecule has 0 radical (unpaired) electrons. The SMILES string of the molecule is CC(N)C(C)(O)N1CCNCC1. The summed E-state index contributed by atoms with van der Waals surface area (Å²) < 4.78 is 0. The zero-order valence-corrected chi connectivity index (χ0v) is 7.88. The normalized spacial score (nSPS) is 28.0. The molecule has 0 aromatic heterocycles. The highest BCUT2D eigenvalue weighted by Crippen LogP contribution is 2.14. The Hall–Kier alpha value is -0.160. The van der Waals surface area contributed by atoms with Crippen LogP contribution in [0.1, 0.15) is 13.8 Å². The lowest BCUT2D eigenvalue weighted by atomic mass is 10.1. The largest absolute Gasteiger partial charge is 0.374 e. The Kier molecular flexibility index (Phi) is 3.06. The molecule has 12 heavy (non-hydrogen) atoms. The molecule has 1 rings (SSSR count). The van der Waals surface area contributed by atoms with Gasteiger partial charge in [-0.2, -0.15) is 0 Å². The number of nitrogens with two attached hydrogens (primary N) is 1. The number of rotatable bonds is 2. The first kappa shape index (κ1) is 9.92. The minimum atomic E-state index is -0.859. The van der Waals surface area contributed by atoms with E-state index in [4.69, 9.17) is 5.73 Å². The molecule has 4 N–H and O–H groups in total. The van der Waals surface area contributed by atoms with Crippen molar-refractivity contribution in [3.05, 3.63) is 0 Å². The fourth-order valence-corrected chi connectivity index (χ4v) is 1.41. The van der Waals surface area contributed by atoms with Crippen LogP contribution in [0.3, 0.4) is 0 Å². The zero-order valence-electron chi connectivity index (χ0n) is 7.88. The standard InChI is InChI=1S/C8H19N3O/c1-7(9)8(2,12)11-5-3-10-4-6-11/h7,10,12H,3-6,9H2,1-2H3. The molecular formula is C8H19N3O. The molecule has 72 valence electrons. The highest BCUT2D eigenvalue weighted by atomic mass is 16.3. The number of hydrogen-bond donors (Lipinski definition) is 3. The molecular weight excluding hydrogens is 154 g/mol. The first-order valence-corrected chi connectivity index (χ1v) is 4.49. The number of hydrogen-bond acceptors (Lipinski definition) is 4. The van der Waals surface area contributed by atoms with E-state index in [1.54, 1.807) is 6.92 Å². The summed E-state index contributed by atoms with van der Waals surface area (Å²) in [4.78, 5) is 2.02. The summed E-state index contributed by atoms with van der Waals surface area (Å²) in [6.45, 7) is 7.22. The van der Waals surface area contributed by atoms with Crippen LogP contribution in [-0.2, 0) is 0 Å². The van der Waals surface area contributed by atoms with Crippen LogP contribution in [0.2, 0.25) is 0 Å². The molecule has 2 atom stereocenters. The maximum Gasteiger partial charge on any atom is 0.130 e. The maximum atomic E-state index is 9.99. The maximum absolute atomic E-state index is 9.99. The van der Waals surface area contributed by atoms with Crippen molar-refractivity contribution in [3.63, 3.8) is 0 Å². The Morgan fingerprint density at radius 3 is 2.42 bits per heavy atom. The third kappa shape index (κ3) is 1.95. The van der Waals surface area contributed by atoms with Gasteiger partial charge in [0, 0.05) is 32.2 Å². The molecule has 0 aliphatic carbocycles. The van der Waals surface area contributed by atoms with E-state index < -0.39 is 5.72 Å². The van der Waals surface area contributed by atoms with Gasteiger partial charge in [0.05, 0.1) is 0 Å². The minimum Gasteiger partial charge on any atom is -0.374 e. The van der Waals surface area contributed by atoms with Crippen LogP contribution in [0.15, 0.2) is 0 Å². The molecule has 4 heteroatoms. The lowest BCUT2D eigenvalue weighted by Crippen LogP contribution is -2.61. The van der Waals surface area contributed by atoms with E-state index in [0.29, 0.717) is 0 Å². The molecule has 1 saturated heterocycles. The van der Waals surface area contributed by atoms with Crippen molar-refractivity contribution in [2.75, 3.05) is 26.2 Å². The van der Waals surface area contributed by atoms with Gasteiger partial charge in [0.15, 0.2) is 0 Å². The fourth-order valence-electron chi connectivity index (χ4n) is 1.41. The highest BCUT2D eigenvalue weighted by molar-refractivity contribution is 4.85. The average Bonchev–Trinajstić information content (AvgIpc) is 2.06. The molecule has 1 aliphatic rings. The lowest BCUT2D eigenvalue weighted by molar-refractivity contribution is -0.112. The summed E-state index contributed by atoms with van der Waals surface area (Å²) in [6, 6.07) is -0.212. The van der Waals surface area contributed by atoms with Gasteiger partial charge in [-0.15, -0.1) is 0 Å². The van der Waals surface area contributed by atoms with Crippen molar-refractivity contribution in [1.82, 2.24) is 10.2 Å². The van der Waals surface area contributed by atoms with Crippen LogP contribution < -0.4 is 11.1 Å². The summed E-state index contributed by atoms with van der Waals surface area (Å²) in [5.74, 6) is 0. The van der Waals surface area contributed by atoms with Gasteiger partial charge in [0.1, 0.15) is 5.72 Å². The molecule has 1 heterocycles. The summed E-state index contributed by atoms with van der Waals surface area (Å²) in [5, 5.41) is 13.2. The Balaban J connectivity index is 2.53. The number of nitrogens with zero attached hydrogens (tertiary/aromatic N) is 1.